The summed E-state index contributed by atoms with van der Waals surface area (Å²) in [5.41, 5.74) is 0. The smallest absolute Gasteiger partial charge is 0.467 e. The average Bonchev–Trinajstić information content (AvgIpc) is 2.98. The molecule has 1 amide bonds. The molecular formula is C12H10F3NO2S. The molecule has 0 radical (unpaired) electrons. The second-order valence-electron chi connectivity index (χ2n) is 3.82. The zero-order valence-corrected chi connectivity index (χ0v) is 10.5. The molecule has 0 saturated heterocycles. The van der Waals surface area contributed by atoms with Gasteiger partial charge >= 0.3 is 12.1 Å². The SMILES string of the molecule is O=C(N(Cc1ccco1)Cc1cccs1)C(F)(F)F. The number of halogens is 3. The number of furan rings is 1. The van der Waals surface area contributed by atoms with Gasteiger partial charge in [-0.2, -0.15) is 13.2 Å². The lowest BCUT2D eigenvalue weighted by Crippen LogP contribution is -2.40. The van der Waals surface area contributed by atoms with Crippen molar-refractivity contribution < 1.29 is 22.4 Å². The quantitative estimate of drug-likeness (QED) is 0.864. The van der Waals surface area contributed by atoms with E-state index in [0.29, 0.717) is 10.6 Å². The summed E-state index contributed by atoms with van der Waals surface area (Å²) in [5.74, 6) is -1.55. The second-order valence-corrected chi connectivity index (χ2v) is 4.85. The summed E-state index contributed by atoms with van der Waals surface area (Å²) in [5, 5.41) is 1.75. The molecule has 0 aliphatic heterocycles. The predicted molar refractivity (Wildman–Crippen MR) is 63.3 cm³/mol. The molecule has 0 aliphatic rings. The first kappa shape index (κ1) is 13.7. The lowest BCUT2D eigenvalue weighted by Gasteiger charge is -2.22. The van der Waals surface area contributed by atoms with Crippen molar-refractivity contribution in [3.63, 3.8) is 0 Å². The van der Waals surface area contributed by atoms with Crippen LogP contribution in [0.15, 0.2) is 40.3 Å². The van der Waals surface area contributed by atoms with Gasteiger partial charge in [0.25, 0.3) is 0 Å². The van der Waals surface area contributed by atoms with E-state index in [2.05, 4.69) is 0 Å². The van der Waals surface area contributed by atoms with Crippen molar-refractivity contribution in [2.24, 2.45) is 0 Å². The molecule has 0 bridgehead atoms. The monoisotopic (exact) mass is 289 g/mol. The molecule has 0 spiro atoms. The Kier molecular flexibility index (Phi) is 3.94. The Balaban J connectivity index is 2.15. The molecule has 2 rings (SSSR count). The van der Waals surface area contributed by atoms with Crippen LogP contribution >= 0.6 is 11.3 Å². The van der Waals surface area contributed by atoms with Crippen LogP contribution in [-0.2, 0) is 17.9 Å². The molecule has 0 N–H and O–H groups in total. The average molecular weight is 289 g/mol. The highest BCUT2D eigenvalue weighted by molar-refractivity contribution is 7.09. The van der Waals surface area contributed by atoms with Crippen LogP contribution < -0.4 is 0 Å². The minimum absolute atomic E-state index is 0.0866. The number of hydrogen-bond acceptors (Lipinski definition) is 3. The van der Waals surface area contributed by atoms with E-state index in [1.165, 1.54) is 23.7 Å². The number of carbonyl (C=O) groups is 1. The first-order valence-corrected chi connectivity index (χ1v) is 6.25. The van der Waals surface area contributed by atoms with Crippen molar-refractivity contribution in [2.75, 3.05) is 0 Å². The standard InChI is InChI=1S/C12H10F3NO2S/c13-12(14,15)11(17)16(7-9-3-1-5-18-9)8-10-4-2-6-19-10/h1-6H,7-8H2. The number of rotatable bonds is 4. The summed E-state index contributed by atoms with van der Waals surface area (Å²) in [6, 6.07) is 6.51. The van der Waals surface area contributed by atoms with E-state index in [-0.39, 0.29) is 13.1 Å². The van der Waals surface area contributed by atoms with Gasteiger partial charge in [0, 0.05) is 4.88 Å². The molecule has 19 heavy (non-hydrogen) atoms. The van der Waals surface area contributed by atoms with Gasteiger partial charge < -0.3 is 9.32 Å². The molecule has 0 saturated carbocycles. The van der Waals surface area contributed by atoms with Gasteiger partial charge in [0.15, 0.2) is 0 Å². The zero-order valence-electron chi connectivity index (χ0n) is 9.68. The molecule has 0 aromatic carbocycles. The summed E-state index contributed by atoms with van der Waals surface area (Å²) < 4.78 is 42.6. The lowest BCUT2D eigenvalue weighted by atomic mass is 10.3. The van der Waals surface area contributed by atoms with E-state index in [4.69, 9.17) is 4.42 Å². The van der Waals surface area contributed by atoms with E-state index in [1.54, 1.807) is 23.6 Å². The van der Waals surface area contributed by atoms with Gasteiger partial charge in [-0.05, 0) is 23.6 Å². The Labute approximate surface area is 111 Å². The second kappa shape index (κ2) is 5.48. The summed E-state index contributed by atoms with van der Waals surface area (Å²) in [6.07, 6.45) is -3.53. The Morgan fingerprint density at radius 1 is 1.26 bits per heavy atom. The largest absolute Gasteiger partial charge is 0.471 e. The van der Waals surface area contributed by atoms with E-state index in [9.17, 15) is 18.0 Å². The zero-order chi connectivity index (χ0) is 13.9. The maximum absolute atomic E-state index is 12.5. The van der Waals surface area contributed by atoms with Crippen LogP contribution in [0.4, 0.5) is 13.2 Å². The maximum Gasteiger partial charge on any atom is 0.471 e. The van der Waals surface area contributed by atoms with Crippen molar-refractivity contribution in [2.45, 2.75) is 19.3 Å². The lowest BCUT2D eigenvalue weighted by molar-refractivity contribution is -0.187. The number of amides is 1. The third kappa shape index (κ3) is 3.60. The van der Waals surface area contributed by atoms with Crippen LogP contribution in [-0.4, -0.2) is 17.0 Å². The van der Waals surface area contributed by atoms with Crippen LogP contribution in [0.1, 0.15) is 10.6 Å². The fourth-order valence-corrected chi connectivity index (χ4v) is 2.28. The summed E-state index contributed by atoms with van der Waals surface area (Å²) >= 11 is 1.30. The summed E-state index contributed by atoms with van der Waals surface area (Å²) in [4.78, 5) is 12.8. The van der Waals surface area contributed by atoms with E-state index in [1.807, 2.05) is 0 Å². The van der Waals surface area contributed by atoms with E-state index >= 15 is 0 Å². The maximum atomic E-state index is 12.5. The van der Waals surface area contributed by atoms with Crippen molar-refractivity contribution in [1.29, 1.82) is 0 Å². The van der Waals surface area contributed by atoms with Crippen LogP contribution in [0, 0.1) is 0 Å². The van der Waals surface area contributed by atoms with Crippen LogP contribution in [0.3, 0.4) is 0 Å². The minimum atomic E-state index is -4.89. The molecular weight excluding hydrogens is 279 g/mol. The number of carbonyl (C=O) groups excluding carboxylic acids is 1. The van der Waals surface area contributed by atoms with Crippen LogP contribution in [0.2, 0.25) is 0 Å². The Morgan fingerprint density at radius 2 is 2.05 bits per heavy atom. The van der Waals surface area contributed by atoms with E-state index < -0.39 is 12.1 Å². The van der Waals surface area contributed by atoms with Gasteiger partial charge in [-0.3, -0.25) is 4.79 Å². The van der Waals surface area contributed by atoms with E-state index in [0.717, 1.165) is 4.90 Å². The molecule has 2 heterocycles. The molecule has 0 atom stereocenters. The molecule has 7 heteroatoms. The van der Waals surface area contributed by atoms with Crippen LogP contribution in [0.5, 0.6) is 0 Å². The number of thiophene rings is 1. The molecule has 2 aromatic heterocycles. The molecule has 0 aliphatic carbocycles. The third-order valence-corrected chi connectivity index (χ3v) is 3.24. The fraction of sp³-hybridized carbons (Fsp3) is 0.250. The molecule has 2 aromatic rings. The highest BCUT2D eigenvalue weighted by atomic mass is 32.1. The molecule has 0 unspecified atom stereocenters. The van der Waals surface area contributed by atoms with Gasteiger partial charge in [0.1, 0.15) is 5.76 Å². The number of hydrogen-bond donors (Lipinski definition) is 0. The Bertz CT molecular complexity index is 483. The Hall–Kier alpha value is -1.76. The van der Waals surface area contributed by atoms with Gasteiger partial charge in [0.2, 0.25) is 0 Å². The summed E-state index contributed by atoms with van der Waals surface area (Å²) in [6.45, 7) is -0.292. The Morgan fingerprint density at radius 3 is 2.58 bits per heavy atom. The van der Waals surface area contributed by atoms with Crippen molar-refractivity contribution in [3.05, 3.63) is 46.5 Å². The van der Waals surface area contributed by atoms with Crippen molar-refractivity contribution in [1.82, 2.24) is 4.90 Å². The topological polar surface area (TPSA) is 33.5 Å². The molecule has 3 nitrogen and oxygen atoms in total. The highest BCUT2D eigenvalue weighted by Gasteiger charge is 2.42. The van der Waals surface area contributed by atoms with Crippen LogP contribution in [0.25, 0.3) is 0 Å². The minimum Gasteiger partial charge on any atom is -0.467 e. The van der Waals surface area contributed by atoms with Crippen molar-refractivity contribution in [3.8, 4) is 0 Å². The van der Waals surface area contributed by atoms with Crippen molar-refractivity contribution >= 4 is 17.2 Å². The predicted octanol–water partition coefficient (Wildman–Crippen LogP) is 3.43. The normalized spacial score (nSPS) is 11.5. The first-order chi connectivity index (χ1) is 8.97. The number of nitrogens with zero attached hydrogens (tertiary/aromatic N) is 1. The van der Waals surface area contributed by atoms with Gasteiger partial charge in [-0.1, -0.05) is 6.07 Å². The highest BCUT2D eigenvalue weighted by Crippen LogP contribution is 2.23. The molecule has 102 valence electrons. The summed E-state index contributed by atoms with van der Waals surface area (Å²) in [7, 11) is 0. The third-order valence-electron chi connectivity index (χ3n) is 2.38. The van der Waals surface area contributed by atoms with Gasteiger partial charge in [-0.25, -0.2) is 0 Å². The van der Waals surface area contributed by atoms with Gasteiger partial charge in [0.05, 0.1) is 19.4 Å². The first-order valence-electron chi connectivity index (χ1n) is 5.37. The van der Waals surface area contributed by atoms with Gasteiger partial charge in [-0.15, -0.1) is 11.3 Å². The fourth-order valence-electron chi connectivity index (χ4n) is 1.56. The molecule has 0 fully saturated rings. The number of alkyl halides is 3.